The van der Waals surface area contributed by atoms with Crippen molar-refractivity contribution in [3.05, 3.63) is 29.3 Å². The Hall–Kier alpha value is -1.55. The van der Waals surface area contributed by atoms with E-state index in [4.69, 9.17) is 10.5 Å². The lowest BCUT2D eigenvalue weighted by Crippen LogP contribution is -2.37. The lowest BCUT2D eigenvalue weighted by molar-refractivity contribution is -0.139. The van der Waals surface area contributed by atoms with Gasteiger partial charge in [-0.1, -0.05) is 12.1 Å². The molecule has 1 aromatic rings. The smallest absolute Gasteiger partial charge is 0.312 e. The lowest BCUT2D eigenvalue weighted by atomic mass is 9.79. The van der Waals surface area contributed by atoms with Gasteiger partial charge in [0.1, 0.15) is 11.7 Å². The van der Waals surface area contributed by atoms with Crippen LogP contribution in [0, 0.1) is 0 Å². The van der Waals surface area contributed by atoms with E-state index < -0.39 is 11.9 Å². The number of aryl methyl sites for hydroxylation is 1. The van der Waals surface area contributed by atoms with Crippen molar-refractivity contribution in [2.24, 2.45) is 5.73 Å². The van der Waals surface area contributed by atoms with Crippen LogP contribution in [0.25, 0.3) is 0 Å². The van der Waals surface area contributed by atoms with Crippen molar-refractivity contribution >= 4 is 5.97 Å². The molecule has 2 unspecified atom stereocenters. The fourth-order valence-electron chi connectivity index (χ4n) is 2.35. The van der Waals surface area contributed by atoms with Crippen molar-refractivity contribution in [1.29, 1.82) is 0 Å². The van der Waals surface area contributed by atoms with E-state index >= 15 is 0 Å². The van der Waals surface area contributed by atoms with Crippen LogP contribution in [0.1, 0.15) is 23.5 Å². The van der Waals surface area contributed by atoms with Crippen LogP contribution in [0.2, 0.25) is 0 Å². The van der Waals surface area contributed by atoms with E-state index in [0.29, 0.717) is 12.2 Å². The van der Waals surface area contributed by atoms with Gasteiger partial charge in [0.2, 0.25) is 0 Å². The molecule has 0 bridgehead atoms. The third-order valence-corrected chi connectivity index (χ3v) is 3.13. The molecule has 0 fully saturated rings. The number of hydrogen-bond donors (Lipinski definition) is 2. The summed E-state index contributed by atoms with van der Waals surface area (Å²) in [6.45, 7) is 0. The highest BCUT2D eigenvalue weighted by Gasteiger charge is 2.34. The molecule has 2 rings (SSSR count). The van der Waals surface area contributed by atoms with Crippen LogP contribution in [0.3, 0.4) is 0 Å². The standard InChI is InChI=1S/C12H15NO3/c1-16-9-4-2-3-7-5-6-8(13)11(10(7)9)12(14)15/h2-4,8,11H,5-6,13H2,1H3,(H,14,15). The molecule has 0 spiro atoms. The maximum Gasteiger partial charge on any atom is 0.312 e. The predicted molar refractivity (Wildman–Crippen MR) is 59.7 cm³/mol. The molecular formula is C12H15NO3. The Balaban J connectivity index is 2.56. The number of rotatable bonds is 2. The van der Waals surface area contributed by atoms with Gasteiger partial charge in [-0.05, 0) is 24.5 Å². The van der Waals surface area contributed by atoms with Crippen LogP contribution in [0.5, 0.6) is 5.75 Å². The number of aliphatic carboxylic acids is 1. The van der Waals surface area contributed by atoms with Crippen LogP contribution in [-0.4, -0.2) is 24.2 Å². The first-order valence-electron chi connectivity index (χ1n) is 5.29. The third kappa shape index (κ3) is 1.65. The number of nitrogens with two attached hydrogens (primary N) is 1. The minimum absolute atomic E-state index is 0.332. The van der Waals surface area contributed by atoms with Crippen LogP contribution >= 0.6 is 0 Å². The van der Waals surface area contributed by atoms with Gasteiger partial charge in [0, 0.05) is 11.6 Å². The zero-order chi connectivity index (χ0) is 11.7. The normalized spacial score (nSPS) is 23.6. The summed E-state index contributed by atoms with van der Waals surface area (Å²) < 4.78 is 5.22. The maximum absolute atomic E-state index is 11.3. The predicted octanol–water partition coefficient (Wildman–Crippen LogP) is 1.14. The van der Waals surface area contributed by atoms with Gasteiger partial charge in [0.15, 0.2) is 0 Å². The van der Waals surface area contributed by atoms with Gasteiger partial charge in [-0.15, -0.1) is 0 Å². The zero-order valence-electron chi connectivity index (χ0n) is 9.14. The van der Waals surface area contributed by atoms with Gasteiger partial charge in [0.25, 0.3) is 0 Å². The molecule has 4 heteroatoms. The van der Waals surface area contributed by atoms with Gasteiger partial charge in [-0.25, -0.2) is 0 Å². The Kier molecular flexibility index (Phi) is 2.83. The second-order valence-corrected chi connectivity index (χ2v) is 4.05. The zero-order valence-corrected chi connectivity index (χ0v) is 9.14. The van der Waals surface area contributed by atoms with Crippen LogP contribution < -0.4 is 10.5 Å². The van der Waals surface area contributed by atoms with Crippen LogP contribution in [0.15, 0.2) is 18.2 Å². The Morgan fingerprint density at radius 2 is 2.31 bits per heavy atom. The highest BCUT2D eigenvalue weighted by atomic mass is 16.5. The van der Waals surface area contributed by atoms with Crippen LogP contribution in [0.4, 0.5) is 0 Å². The summed E-state index contributed by atoms with van der Waals surface area (Å²) in [5, 5.41) is 9.24. The molecule has 1 aliphatic rings. The van der Waals surface area contributed by atoms with Crippen molar-refractivity contribution in [3.8, 4) is 5.75 Å². The van der Waals surface area contributed by atoms with Crippen molar-refractivity contribution < 1.29 is 14.6 Å². The molecular weight excluding hydrogens is 206 g/mol. The summed E-state index contributed by atoms with van der Waals surface area (Å²) in [6, 6.07) is 5.28. The SMILES string of the molecule is COc1cccc2c1C(C(=O)O)C(N)CC2. The van der Waals surface area contributed by atoms with E-state index in [1.807, 2.05) is 12.1 Å². The quantitative estimate of drug-likeness (QED) is 0.785. The number of ether oxygens (including phenoxy) is 1. The van der Waals surface area contributed by atoms with E-state index in [1.54, 1.807) is 13.2 Å². The minimum atomic E-state index is -0.877. The molecule has 3 N–H and O–H groups in total. The largest absolute Gasteiger partial charge is 0.496 e. The summed E-state index contributed by atoms with van der Waals surface area (Å²) >= 11 is 0. The average Bonchev–Trinajstić information content (AvgIpc) is 2.27. The second kappa shape index (κ2) is 4.14. The monoisotopic (exact) mass is 221 g/mol. The number of fused-ring (bicyclic) bond motifs is 1. The molecule has 0 amide bonds. The lowest BCUT2D eigenvalue weighted by Gasteiger charge is -2.29. The summed E-state index contributed by atoms with van der Waals surface area (Å²) in [6.07, 6.45) is 1.52. The Labute approximate surface area is 94.0 Å². The molecule has 4 nitrogen and oxygen atoms in total. The molecule has 0 aliphatic heterocycles. The number of benzene rings is 1. The molecule has 16 heavy (non-hydrogen) atoms. The van der Waals surface area contributed by atoms with Crippen LogP contribution in [-0.2, 0) is 11.2 Å². The molecule has 0 heterocycles. The van der Waals surface area contributed by atoms with Gasteiger partial charge < -0.3 is 15.6 Å². The molecule has 1 aromatic carbocycles. The van der Waals surface area contributed by atoms with E-state index in [9.17, 15) is 9.90 Å². The van der Waals surface area contributed by atoms with Crippen molar-refractivity contribution in [1.82, 2.24) is 0 Å². The molecule has 0 saturated heterocycles. The number of methoxy groups -OCH3 is 1. The first-order chi connectivity index (χ1) is 7.65. The highest BCUT2D eigenvalue weighted by molar-refractivity contribution is 5.79. The minimum Gasteiger partial charge on any atom is -0.496 e. The van der Waals surface area contributed by atoms with E-state index in [2.05, 4.69) is 0 Å². The van der Waals surface area contributed by atoms with Crippen molar-refractivity contribution in [2.75, 3.05) is 7.11 Å². The number of carboxylic acid groups (broad SMARTS) is 1. The summed E-state index contributed by atoms with van der Waals surface area (Å²) in [7, 11) is 1.55. The summed E-state index contributed by atoms with van der Waals surface area (Å²) in [5.74, 6) is -0.905. The Bertz CT molecular complexity index is 402. The second-order valence-electron chi connectivity index (χ2n) is 4.05. The Morgan fingerprint density at radius 1 is 1.56 bits per heavy atom. The third-order valence-electron chi connectivity index (χ3n) is 3.13. The maximum atomic E-state index is 11.3. The first kappa shape index (κ1) is 11.0. The topological polar surface area (TPSA) is 72.5 Å². The molecule has 0 aromatic heterocycles. The Morgan fingerprint density at radius 3 is 2.94 bits per heavy atom. The number of hydrogen-bond acceptors (Lipinski definition) is 3. The van der Waals surface area contributed by atoms with Crippen molar-refractivity contribution in [3.63, 3.8) is 0 Å². The van der Waals surface area contributed by atoms with Gasteiger partial charge in [-0.2, -0.15) is 0 Å². The first-order valence-corrected chi connectivity index (χ1v) is 5.29. The highest BCUT2D eigenvalue weighted by Crippen LogP contribution is 2.37. The van der Waals surface area contributed by atoms with E-state index in [0.717, 1.165) is 17.5 Å². The molecule has 2 atom stereocenters. The van der Waals surface area contributed by atoms with Gasteiger partial charge >= 0.3 is 5.97 Å². The fourth-order valence-corrected chi connectivity index (χ4v) is 2.35. The van der Waals surface area contributed by atoms with Gasteiger partial charge in [0.05, 0.1) is 7.11 Å². The molecule has 1 aliphatic carbocycles. The number of carboxylic acids is 1. The van der Waals surface area contributed by atoms with Crippen molar-refractivity contribution in [2.45, 2.75) is 24.8 Å². The average molecular weight is 221 g/mol. The molecule has 0 saturated carbocycles. The molecule has 0 radical (unpaired) electrons. The fraction of sp³-hybridized carbons (Fsp3) is 0.417. The van der Waals surface area contributed by atoms with E-state index in [1.165, 1.54) is 0 Å². The summed E-state index contributed by atoms with van der Waals surface area (Å²) in [5.41, 5.74) is 7.66. The summed E-state index contributed by atoms with van der Waals surface area (Å²) in [4.78, 5) is 11.3. The number of carbonyl (C=O) groups is 1. The van der Waals surface area contributed by atoms with E-state index in [-0.39, 0.29) is 6.04 Å². The molecule has 86 valence electrons. The van der Waals surface area contributed by atoms with Gasteiger partial charge in [-0.3, -0.25) is 4.79 Å².